The van der Waals surface area contributed by atoms with Crippen molar-refractivity contribution in [3.63, 3.8) is 0 Å². The number of hydrogen-bond donors (Lipinski definition) is 2. The summed E-state index contributed by atoms with van der Waals surface area (Å²) in [5, 5.41) is 0.0546. The number of aromatic amines is 1. The zero-order valence-electron chi connectivity index (χ0n) is 6.92. The van der Waals surface area contributed by atoms with Crippen LogP contribution in [-0.2, 0) is 6.54 Å². The first-order valence-electron chi connectivity index (χ1n) is 3.85. The molecule has 72 valence electrons. The lowest BCUT2D eigenvalue weighted by Gasteiger charge is -2.01. The van der Waals surface area contributed by atoms with Crippen molar-refractivity contribution < 1.29 is 0 Å². The van der Waals surface area contributed by atoms with E-state index in [1.54, 1.807) is 0 Å². The molecule has 1 aromatic rings. The van der Waals surface area contributed by atoms with E-state index in [1.165, 1.54) is 6.07 Å². The van der Waals surface area contributed by atoms with Crippen molar-refractivity contribution in [3.05, 3.63) is 32.1 Å². The Labute approximate surface area is 79.1 Å². The molecule has 1 rings (SSSR count). The van der Waals surface area contributed by atoms with Crippen LogP contribution in [0.3, 0.4) is 0 Å². The van der Waals surface area contributed by atoms with Gasteiger partial charge in [0.15, 0.2) is 0 Å². The van der Waals surface area contributed by atoms with E-state index in [4.69, 9.17) is 17.3 Å². The largest absolute Gasteiger partial charge is 0.330 e. The fraction of sp³-hybridized carbons (Fsp3) is 0.429. The second-order valence-corrected chi connectivity index (χ2v) is 2.96. The molecule has 0 aromatic carbocycles. The van der Waals surface area contributed by atoms with E-state index in [1.807, 2.05) is 0 Å². The molecule has 0 saturated carbocycles. The normalized spacial score (nSPS) is 10.3. The number of halogens is 1. The van der Waals surface area contributed by atoms with E-state index in [2.05, 4.69) is 4.98 Å². The zero-order valence-corrected chi connectivity index (χ0v) is 7.67. The van der Waals surface area contributed by atoms with Gasteiger partial charge in [-0.2, -0.15) is 0 Å². The molecule has 0 unspecified atom stereocenters. The van der Waals surface area contributed by atoms with Gasteiger partial charge in [0, 0.05) is 12.6 Å². The Morgan fingerprint density at radius 2 is 2.23 bits per heavy atom. The first-order valence-corrected chi connectivity index (χ1v) is 4.22. The Hall–Kier alpha value is -1.07. The molecule has 0 aliphatic heterocycles. The fourth-order valence-electron chi connectivity index (χ4n) is 0.953. The van der Waals surface area contributed by atoms with Gasteiger partial charge in [0.05, 0.1) is 0 Å². The minimum Gasteiger partial charge on any atom is -0.330 e. The van der Waals surface area contributed by atoms with E-state index in [0.717, 1.165) is 4.57 Å². The van der Waals surface area contributed by atoms with Gasteiger partial charge in [-0.3, -0.25) is 14.3 Å². The molecule has 6 heteroatoms. The van der Waals surface area contributed by atoms with Crippen molar-refractivity contribution >= 4 is 11.6 Å². The molecule has 0 radical (unpaired) electrons. The highest BCUT2D eigenvalue weighted by molar-refractivity contribution is 6.29. The lowest BCUT2D eigenvalue weighted by Crippen LogP contribution is -2.34. The number of rotatable bonds is 3. The van der Waals surface area contributed by atoms with Crippen LogP contribution in [0.4, 0.5) is 0 Å². The molecule has 1 aromatic heterocycles. The van der Waals surface area contributed by atoms with Crippen LogP contribution in [0.1, 0.15) is 6.42 Å². The number of nitrogens with one attached hydrogen (secondary N) is 1. The molecule has 0 amide bonds. The molecule has 0 saturated heterocycles. The average molecular weight is 204 g/mol. The summed E-state index contributed by atoms with van der Waals surface area (Å²) in [6.07, 6.45) is 0.588. The number of aromatic nitrogens is 2. The topological polar surface area (TPSA) is 80.9 Å². The first-order chi connectivity index (χ1) is 6.15. The van der Waals surface area contributed by atoms with E-state index < -0.39 is 11.2 Å². The van der Waals surface area contributed by atoms with Gasteiger partial charge < -0.3 is 5.73 Å². The summed E-state index contributed by atoms with van der Waals surface area (Å²) in [5.74, 6) is 0. The summed E-state index contributed by atoms with van der Waals surface area (Å²) in [6.45, 7) is 0.760. The number of nitrogens with zero attached hydrogens (tertiary/aromatic N) is 1. The lowest BCUT2D eigenvalue weighted by atomic mass is 10.4. The van der Waals surface area contributed by atoms with Gasteiger partial charge in [-0.25, -0.2) is 4.79 Å². The summed E-state index contributed by atoms with van der Waals surface area (Å²) >= 11 is 5.46. The van der Waals surface area contributed by atoms with Crippen LogP contribution in [0.2, 0.25) is 5.15 Å². The van der Waals surface area contributed by atoms with Gasteiger partial charge in [0.1, 0.15) is 5.15 Å². The Bertz CT molecular complexity index is 364. The molecule has 5 nitrogen and oxygen atoms in total. The van der Waals surface area contributed by atoms with Crippen molar-refractivity contribution in [3.8, 4) is 0 Å². The molecule has 0 aliphatic rings. The average Bonchev–Trinajstić information content (AvgIpc) is 2.02. The van der Waals surface area contributed by atoms with Crippen LogP contribution >= 0.6 is 11.6 Å². The standard InChI is InChI=1S/C7H10ClN3O2/c8-5-4-6(12)11(3-1-2-9)7(13)10-5/h4H,1-3,9H2,(H,10,13). The second kappa shape index (κ2) is 4.25. The minimum absolute atomic E-state index is 0.0546. The lowest BCUT2D eigenvalue weighted by molar-refractivity contribution is 0.597. The molecular formula is C7H10ClN3O2. The van der Waals surface area contributed by atoms with Crippen molar-refractivity contribution in [2.75, 3.05) is 6.54 Å². The van der Waals surface area contributed by atoms with Gasteiger partial charge in [-0.1, -0.05) is 11.6 Å². The van der Waals surface area contributed by atoms with Crippen LogP contribution in [0, 0.1) is 0 Å². The molecule has 0 fully saturated rings. The molecule has 0 atom stereocenters. The van der Waals surface area contributed by atoms with Gasteiger partial charge in [0.2, 0.25) is 0 Å². The summed E-state index contributed by atoms with van der Waals surface area (Å²) in [7, 11) is 0. The molecule has 3 N–H and O–H groups in total. The van der Waals surface area contributed by atoms with E-state index in [9.17, 15) is 9.59 Å². The van der Waals surface area contributed by atoms with Gasteiger partial charge in [0.25, 0.3) is 5.56 Å². The highest BCUT2D eigenvalue weighted by Gasteiger charge is 2.01. The van der Waals surface area contributed by atoms with E-state index >= 15 is 0 Å². The van der Waals surface area contributed by atoms with Crippen LogP contribution in [0.25, 0.3) is 0 Å². The number of hydrogen-bond acceptors (Lipinski definition) is 3. The third kappa shape index (κ3) is 2.43. The van der Waals surface area contributed by atoms with Gasteiger partial charge in [-0.05, 0) is 13.0 Å². The highest BCUT2D eigenvalue weighted by Crippen LogP contribution is 1.93. The number of H-pyrrole nitrogens is 1. The quantitative estimate of drug-likeness (QED) is 0.653. The SMILES string of the molecule is NCCCn1c(=O)cc(Cl)[nH]c1=O. The molecule has 1 heterocycles. The summed E-state index contributed by atoms with van der Waals surface area (Å²) in [4.78, 5) is 24.7. The summed E-state index contributed by atoms with van der Waals surface area (Å²) in [5.41, 5.74) is 4.36. The monoisotopic (exact) mass is 203 g/mol. The minimum atomic E-state index is -0.494. The molecule has 0 spiro atoms. The predicted molar refractivity (Wildman–Crippen MR) is 50.0 cm³/mol. The molecule has 13 heavy (non-hydrogen) atoms. The summed E-state index contributed by atoms with van der Waals surface area (Å²) < 4.78 is 1.07. The number of nitrogens with two attached hydrogens (primary N) is 1. The molecule has 0 bridgehead atoms. The third-order valence-corrected chi connectivity index (χ3v) is 1.78. The fourth-order valence-corrected chi connectivity index (χ4v) is 1.13. The van der Waals surface area contributed by atoms with Gasteiger partial charge in [-0.15, -0.1) is 0 Å². The van der Waals surface area contributed by atoms with Crippen molar-refractivity contribution in [2.24, 2.45) is 5.73 Å². The molecular weight excluding hydrogens is 194 g/mol. The molecule has 0 aliphatic carbocycles. The zero-order chi connectivity index (χ0) is 9.84. The van der Waals surface area contributed by atoms with E-state index in [-0.39, 0.29) is 5.15 Å². The van der Waals surface area contributed by atoms with Crippen LogP contribution in [0.5, 0.6) is 0 Å². The van der Waals surface area contributed by atoms with Crippen molar-refractivity contribution in [1.29, 1.82) is 0 Å². The maximum absolute atomic E-state index is 11.2. The Kier molecular flexibility index (Phi) is 3.27. The Morgan fingerprint density at radius 3 is 2.77 bits per heavy atom. The van der Waals surface area contributed by atoms with Crippen molar-refractivity contribution in [1.82, 2.24) is 9.55 Å². The van der Waals surface area contributed by atoms with E-state index in [0.29, 0.717) is 19.5 Å². The Balaban J connectivity index is 3.07. The highest BCUT2D eigenvalue weighted by atomic mass is 35.5. The maximum Gasteiger partial charge on any atom is 0.329 e. The predicted octanol–water partition coefficient (Wildman–Crippen LogP) is -0.461. The Morgan fingerprint density at radius 1 is 1.54 bits per heavy atom. The first kappa shape index (κ1) is 10.0. The van der Waals surface area contributed by atoms with Crippen LogP contribution in [-0.4, -0.2) is 16.1 Å². The third-order valence-electron chi connectivity index (χ3n) is 1.57. The van der Waals surface area contributed by atoms with Gasteiger partial charge >= 0.3 is 5.69 Å². The van der Waals surface area contributed by atoms with Crippen LogP contribution in [0.15, 0.2) is 15.7 Å². The maximum atomic E-state index is 11.2. The second-order valence-electron chi connectivity index (χ2n) is 2.55. The van der Waals surface area contributed by atoms with Crippen molar-refractivity contribution in [2.45, 2.75) is 13.0 Å². The smallest absolute Gasteiger partial charge is 0.329 e. The summed E-state index contributed by atoms with van der Waals surface area (Å²) in [6, 6.07) is 1.17. The van der Waals surface area contributed by atoms with Crippen LogP contribution < -0.4 is 17.0 Å².